The Morgan fingerprint density at radius 2 is 1.89 bits per heavy atom. The normalized spacial score (nSPS) is 10.9. The second-order valence-corrected chi connectivity index (χ2v) is 7.37. The molecule has 0 radical (unpaired) electrons. The van der Waals surface area contributed by atoms with Gasteiger partial charge in [0.05, 0.1) is 12.7 Å². The molecule has 0 aliphatic carbocycles. The summed E-state index contributed by atoms with van der Waals surface area (Å²) in [7, 11) is -1.90. The number of benzene rings is 1. The van der Waals surface area contributed by atoms with E-state index < -0.39 is 38.3 Å². The number of methoxy groups -OCH3 is 1. The molecule has 2 aromatic rings. The third kappa shape index (κ3) is 4.43. The van der Waals surface area contributed by atoms with Crippen LogP contribution in [0.4, 0.5) is 10.6 Å². The SMILES string of the molecule is COC(=O)c1ccccc1S(=O)(=O)NC(=O)Nc1nnc(SC)n(C)c1=O. The summed E-state index contributed by atoms with van der Waals surface area (Å²) >= 11 is 1.17. The van der Waals surface area contributed by atoms with Crippen molar-refractivity contribution < 1.29 is 22.7 Å². The molecule has 0 fully saturated rings. The van der Waals surface area contributed by atoms with E-state index in [-0.39, 0.29) is 5.56 Å². The zero-order valence-electron chi connectivity index (χ0n) is 14.4. The predicted octanol–water partition coefficient (Wildman–Crippen LogP) is 0.194. The Balaban J connectivity index is 2.27. The van der Waals surface area contributed by atoms with Crippen LogP contribution >= 0.6 is 11.8 Å². The van der Waals surface area contributed by atoms with Gasteiger partial charge in [0.15, 0.2) is 5.16 Å². The Hall–Kier alpha value is -2.93. The van der Waals surface area contributed by atoms with Crippen molar-refractivity contribution in [2.75, 3.05) is 18.7 Å². The Bertz CT molecular complexity index is 1050. The molecular weight excluding hydrogens is 398 g/mol. The van der Waals surface area contributed by atoms with Gasteiger partial charge < -0.3 is 4.74 Å². The number of nitrogens with one attached hydrogen (secondary N) is 2. The number of rotatable bonds is 5. The highest BCUT2D eigenvalue weighted by atomic mass is 32.2. The summed E-state index contributed by atoms with van der Waals surface area (Å²) in [5.74, 6) is -1.34. The fourth-order valence-electron chi connectivity index (χ4n) is 1.99. The van der Waals surface area contributed by atoms with Crippen LogP contribution in [-0.4, -0.2) is 48.5 Å². The van der Waals surface area contributed by atoms with Gasteiger partial charge in [-0.1, -0.05) is 23.9 Å². The molecule has 0 aliphatic heterocycles. The number of hydrogen-bond acceptors (Lipinski definition) is 9. The van der Waals surface area contributed by atoms with Crippen LogP contribution in [0, 0.1) is 0 Å². The minimum Gasteiger partial charge on any atom is -0.465 e. The molecule has 13 heteroatoms. The van der Waals surface area contributed by atoms with Crippen molar-refractivity contribution in [1.82, 2.24) is 19.5 Å². The lowest BCUT2D eigenvalue weighted by Gasteiger charge is -2.11. The maximum absolute atomic E-state index is 12.4. The fourth-order valence-corrected chi connectivity index (χ4v) is 3.58. The van der Waals surface area contributed by atoms with E-state index in [0.29, 0.717) is 5.16 Å². The highest BCUT2D eigenvalue weighted by Crippen LogP contribution is 2.16. The first-order chi connectivity index (χ1) is 12.7. The zero-order valence-corrected chi connectivity index (χ0v) is 16.1. The standard InChI is InChI=1S/C14H15N5O6S2/c1-19-11(20)10(16-17-14(19)26-3)15-13(22)18-27(23,24)9-7-5-4-6-8(9)12(21)25-2/h4-7H,1-3H3,(H2,15,16,18,22). The quantitative estimate of drug-likeness (QED) is 0.517. The average Bonchev–Trinajstić information content (AvgIpc) is 2.64. The summed E-state index contributed by atoms with van der Waals surface area (Å²) in [5.41, 5.74) is -0.919. The molecule has 0 saturated heterocycles. The summed E-state index contributed by atoms with van der Waals surface area (Å²) in [6, 6.07) is 3.95. The van der Waals surface area contributed by atoms with E-state index in [0.717, 1.165) is 17.7 Å². The lowest BCUT2D eigenvalue weighted by atomic mass is 10.2. The van der Waals surface area contributed by atoms with E-state index in [2.05, 4.69) is 14.9 Å². The van der Waals surface area contributed by atoms with Gasteiger partial charge in [-0.15, -0.1) is 10.2 Å². The van der Waals surface area contributed by atoms with Gasteiger partial charge in [-0.3, -0.25) is 14.7 Å². The van der Waals surface area contributed by atoms with E-state index in [9.17, 15) is 22.8 Å². The smallest absolute Gasteiger partial charge is 0.339 e. The van der Waals surface area contributed by atoms with E-state index >= 15 is 0 Å². The number of carbonyl (C=O) groups excluding carboxylic acids is 2. The average molecular weight is 413 g/mol. The van der Waals surface area contributed by atoms with E-state index in [4.69, 9.17) is 0 Å². The summed E-state index contributed by atoms with van der Waals surface area (Å²) in [4.78, 5) is 35.4. The highest BCUT2D eigenvalue weighted by molar-refractivity contribution is 7.98. The largest absolute Gasteiger partial charge is 0.465 e. The topological polar surface area (TPSA) is 149 Å². The van der Waals surface area contributed by atoms with Crippen molar-refractivity contribution in [2.45, 2.75) is 10.1 Å². The third-order valence-electron chi connectivity index (χ3n) is 3.25. The minimum absolute atomic E-state index is 0.250. The Morgan fingerprint density at radius 3 is 2.52 bits per heavy atom. The van der Waals surface area contributed by atoms with Crippen LogP contribution in [0.2, 0.25) is 0 Å². The molecule has 0 aliphatic rings. The fraction of sp³-hybridized carbons (Fsp3) is 0.214. The number of esters is 1. The number of amides is 2. The van der Waals surface area contributed by atoms with Crippen molar-refractivity contribution in [3.63, 3.8) is 0 Å². The second kappa shape index (κ2) is 8.18. The lowest BCUT2D eigenvalue weighted by molar-refractivity contribution is 0.0596. The molecule has 1 heterocycles. The van der Waals surface area contributed by atoms with Crippen molar-refractivity contribution >= 4 is 39.6 Å². The predicted molar refractivity (Wildman–Crippen MR) is 96.2 cm³/mol. The number of nitrogens with zero attached hydrogens (tertiary/aromatic N) is 3. The number of aromatic nitrogens is 3. The molecule has 144 valence electrons. The Labute approximate surface area is 158 Å². The minimum atomic E-state index is -4.43. The van der Waals surface area contributed by atoms with Gasteiger partial charge in [-0.25, -0.2) is 22.7 Å². The molecule has 0 unspecified atom stereocenters. The Morgan fingerprint density at radius 1 is 1.22 bits per heavy atom. The zero-order chi connectivity index (χ0) is 20.2. The van der Waals surface area contributed by atoms with Gasteiger partial charge in [0.2, 0.25) is 5.82 Å². The van der Waals surface area contributed by atoms with Crippen LogP contribution in [-0.2, 0) is 21.8 Å². The Kier molecular flexibility index (Phi) is 6.17. The number of hydrogen-bond donors (Lipinski definition) is 2. The van der Waals surface area contributed by atoms with Crippen LogP contribution in [0.15, 0.2) is 39.1 Å². The van der Waals surface area contributed by atoms with Crippen molar-refractivity contribution in [1.29, 1.82) is 0 Å². The van der Waals surface area contributed by atoms with Crippen LogP contribution in [0.5, 0.6) is 0 Å². The number of sulfonamides is 1. The summed E-state index contributed by atoms with van der Waals surface area (Å²) in [6.07, 6.45) is 1.69. The van der Waals surface area contributed by atoms with Gasteiger partial charge >= 0.3 is 12.0 Å². The molecule has 1 aromatic heterocycles. The van der Waals surface area contributed by atoms with E-state index in [1.54, 1.807) is 11.0 Å². The van der Waals surface area contributed by atoms with Gasteiger partial charge in [0.1, 0.15) is 4.90 Å². The molecule has 0 atom stereocenters. The number of anilines is 1. The molecule has 2 amide bonds. The first-order valence-electron chi connectivity index (χ1n) is 7.20. The van der Waals surface area contributed by atoms with E-state index in [1.807, 2.05) is 5.32 Å². The first kappa shape index (κ1) is 20.4. The molecule has 0 spiro atoms. The van der Waals surface area contributed by atoms with Crippen molar-refractivity contribution in [2.24, 2.45) is 7.05 Å². The molecule has 11 nitrogen and oxygen atoms in total. The maximum Gasteiger partial charge on any atom is 0.339 e. The second-order valence-electron chi connectivity index (χ2n) is 4.95. The van der Waals surface area contributed by atoms with Crippen LogP contribution in [0.3, 0.4) is 0 Å². The molecule has 1 aromatic carbocycles. The molecule has 0 saturated carbocycles. The van der Waals surface area contributed by atoms with Crippen molar-refractivity contribution in [3.8, 4) is 0 Å². The first-order valence-corrected chi connectivity index (χ1v) is 9.91. The monoisotopic (exact) mass is 413 g/mol. The third-order valence-corrected chi connectivity index (χ3v) is 5.36. The van der Waals surface area contributed by atoms with E-state index in [1.165, 1.54) is 37.0 Å². The molecule has 2 N–H and O–H groups in total. The highest BCUT2D eigenvalue weighted by Gasteiger charge is 2.25. The number of urea groups is 1. The summed E-state index contributed by atoms with van der Waals surface area (Å²) in [6.45, 7) is 0. The molecular formula is C14H15N5O6S2. The lowest BCUT2D eigenvalue weighted by Crippen LogP contribution is -2.38. The van der Waals surface area contributed by atoms with Crippen molar-refractivity contribution in [3.05, 3.63) is 40.2 Å². The molecule has 27 heavy (non-hydrogen) atoms. The maximum atomic E-state index is 12.4. The van der Waals surface area contributed by atoms with Gasteiger partial charge in [0.25, 0.3) is 15.6 Å². The van der Waals surface area contributed by atoms with Gasteiger partial charge in [-0.2, -0.15) is 0 Å². The van der Waals surface area contributed by atoms with Crippen LogP contribution in [0.1, 0.15) is 10.4 Å². The van der Waals surface area contributed by atoms with Gasteiger partial charge in [-0.05, 0) is 18.4 Å². The number of thioether (sulfide) groups is 1. The molecule has 2 rings (SSSR count). The molecule has 0 bridgehead atoms. The number of carbonyl (C=O) groups is 2. The van der Waals surface area contributed by atoms with Crippen LogP contribution in [0.25, 0.3) is 0 Å². The van der Waals surface area contributed by atoms with Gasteiger partial charge in [0, 0.05) is 7.05 Å². The summed E-state index contributed by atoms with van der Waals surface area (Å²) in [5, 5.41) is 9.64. The number of ether oxygens (including phenoxy) is 1. The van der Waals surface area contributed by atoms with Crippen LogP contribution < -0.4 is 15.6 Å². The summed E-state index contributed by atoms with van der Waals surface area (Å²) < 4.78 is 32.2.